The maximum atomic E-state index is 12.6. The van der Waals surface area contributed by atoms with Crippen LogP contribution in [0.25, 0.3) is 17.0 Å². The molecule has 1 aliphatic rings. The Morgan fingerprint density at radius 3 is 2.78 bits per heavy atom. The first-order valence-electron chi connectivity index (χ1n) is 7.94. The third-order valence-electron chi connectivity index (χ3n) is 4.01. The number of methoxy groups -OCH3 is 1. The normalized spacial score (nSPS) is 15.1. The number of fused-ring (bicyclic) bond motifs is 1. The molecule has 0 bridgehead atoms. The van der Waals surface area contributed by atoms with E-state index in [1.165, 1.54) is 19.4 Å². The Morgan fingerprint density at radius 2 is 1.96 bits per heavy atom. The molecule has 0 unspecified atom stereocenters. The fourth-order valence-electron chi connectivity index (χ4n) is 2.71. The average molecular weight is 382 g/mol. The van der Waals surface area contributed by atoms with Crippen LogP contribution in [0.3, 0.4) is 0 Å². The maximum absolute atomic E-state index is 12.6. The van der Waals surface area contributed by atoms with Gasteiger partial charge in [0.2, 0.25) is 5.90 Å². The van der Waals surface area contributed by atoms with E-state index in [0.29, 0.717) is 27.3 Å². The topological polar surface area (TPSA) is 78.1 Å². The zero-order chi connectivity index (χ0) is 19.0. The Hall–Kier alpha value is -3.38. The van der Waals surface area contributed by atoms with Crippen molar-refractivity contribution in [1.29, 1.82) is 0 Å². The summed E-state index contributed by atoms with van der Waals surface area (Å²) < 4.78 is 15.9. The summed E-state index contributed by atoms with van der Waals surface area (Å²) in [5.74, 6) is -0.173. The van der Waals surface area contributed by atoms with Crippen LogP contribution in [0, 0.1) is 0 Å². The minimum absolute atomic E-state index is 0.0189. The summed E-state index contributed by atoms with van der Waals surface area (Å²) in [6.07, 6.45) is 2.63. The molecule has 7 heteroatoms. The molecule has 1 aliphatic heterocycles. The minimum atomic E-state index is -0.681. The Morgan fingerprint density at radius 1 is 1.15 bits per heavy atom. The Bertz CT molecular complexity index is 1190. The van der Waals surface area contributed by atoms with Crippen LogP contribution in [-0.4, -0.2) is 19.0 Å². The number of nitrogens with zero attached hydrogens (tertiary/aromatic N) is 1. The van der Waals surface area contributed by atoms with Crippen LogP contribution in [-0.2, 0) is 9.53 Å². The van der Waals surface area contributed by atoms with Gasteiger partial charge in [0.05, 0.1) is 23.6 Å². The van der Waals surface area contributed by atoms with Crippen LogP contribution in [0.1, 0.15) is 11.1 Å². The number of aliphatic imine (C=N–C) groups is 1. The SMILES string of the molecule is COc1ccc(Cl)cc1C1=NC(=Cc2coc3ccccc3c2=O)C(=O)O1. The highest BCUT2D eigenvalue weighted by atomic mass is 35.5. The first kappa shape index (κ1) is 17.1. The summed E-state index contributed by atoms with van der Waals surface area (Å²) >= 11 is 6.01. The van der Waals surface area contributed by atoms with Gasteiger partial charge in [0.25, 0.3) is 0 Å². The molecule has 6 nitrogen and oxygen atoms in total. The predicted octanol–water partition coefficient (Wildman–Crippen LogP) is 3.80. The van der Waals surface area contributed by atoms with Crippen molar-refractivity contribution in [3.8, 4) is 5.75 Å². The van der Waals surface area contributed by atoms with E-state index in [1.807, 2.05) is 0 Å². The molecule has 0 fully saturated rings. The van der Waals surface area contributed by atoms with Crippen molar-refractivity contribution in [2.75, 3.05) is 7.11 Å². The van der Waals surface area contributed by atoms with E-state index >= 15 is 0 Å². The van der Waals surface area contributed by atoms with Gasteiger partial charge in [-0.2, -0.15) is 0 Å². The number of carbonyl (C=O) groups excluding carboxylic acids is 1. The second-order valence-corrected chi connectivity index (χ2v) is 6.13. The largest absolute Gasteiger partial charge is 0.496 e. The number of cyclic esters (lactones) is 1. The van der Waals surface area contributed by atoms with Crippen molar-refractivity contribution in [3.63, 3.8) is 0 Å². The molecule has 0 N–H and O–H groups in total. The van der Waals surface area contributed by atoms with Gasteiger partial charge in [-0.15, -0.1) is 0 Å². The third kappa shape index (κ3) is 3.11. The van der Waals surface area contributed by atoms with Gasteiger partial charge in [-0.1, -0.05) is 23.7 Å². The van der Waals surface area contributed by atoms with Gasteiger partial charge in [-0.05, 0) is 36.4 Å². The zero-order valence-corrected chi connectivity index (χ0v) is 14.8. The number of hydrogen-bond donors (Lipinski definition) is 0. The number of esters is 1. The molecule has 27 heavy (non-hydrogen) atoms. The van der Waals surface area contributed by atoms with Crippen molar-refractivity contribution in [3.05, 3.63) is 80.8 Å². The first-order valence-corrected chi connectivity index (χ1v) is 8.31. The molecule has 2 heterocycles. The first-order chi connectivity index (χ1) is 13.1. The van der Waals surface area contributed by atoms with Gasteiger partial charge in [0.15, 0.2) is 11.1 Å². The van der Waals surface area contributed by atoms with E-state index < -0.39 is 5.97 Å². The Kier molecular flexibility index (Phi) is 4.25. The Balaban J connectivity index is 1.79. The van der Waals surface area contributed by atoms with Crippen LogP contribution in [0.4, 0.5) is 0 Å². The molecular formula is C20H12ClNO5. The molecule has 1 aromatic heterocycles. The molecule has 0 amide bonds. The molecule has 3 aromatic rings. The summed E-state index contributed by atoms with van der Waals surface area (Å²) in [7, 11) is 1.49. The fourth-order valence-corrected chi connectivity index (χ4v) is 2.88. The summed E-state index contributed by atoms with van der Waals surface area (Å²) in [6.45, 7) is 0. The van der Waals surface area contributed by atoms with Gasteiger partial charge >= 0.3 is 5.97 Å². The fraction of sp³-hybridized carbons (Fsp3) is 0.0500. The molecule has 0 radical (unpaired) electrons. The van der Waals surface area contributed by atoms with E-state index in [2.05, 4.69) is 4.99 Å². The molecular weight excluding hydrogens is 370 g/mol. The van der Waals surface area contributed by atoms with Crippen LogP contribution in [0.2, 0.25) is 5.02 Å². The standard InChI is InChI=1S/C20H12ClNO5/c1-25-16-7-6-12(21)9-14(16)19-22-15(20(24)27-19)8-11-10-26-17-5-3-2-4-13(17)18(11)23/h2-10H,1H3. The monoisotopic (exact) mass is 381 g/mol. The number of hydrogen-bond acceptors (Lipinski definition) is 6. The number of rotatable bonds is 3. The lowest BCUT2D eigenvalue weighted by Crippen LogP contribution is -2.08. The molecule has 0 saturated carbocycles. The summed E-state index contributed by atoms with van der Waals surface area (Å²) in [5.41, 5.74) is 0.818. The van der Waals surface area contributed by atoms with E-state index in [-0.39, 0.29) is 22.6 Å². The number of benzene rings is 2. The van der Waals surface area contributed by atoms with Gasteiger partial charge in [0, 0.05) is 5.02 Å². The number of halogens is 1. The van der Waals surface area contributed by atoms with Crippen molar-refractivity contribution in [2.24, 2.45) is 4.99 Å². The minimum Gasteiger partial charge on any atom is -0.496 e. The van der Waals surface area contributed by atoms with Crippen molar-refractivity contribution >= 4 is 40.5 Å². The van der Waals surface area contributed by atoms with Crippen LogP contribution in [0.5, 0.6) is 5.75 Å². The summed E-state index contributed by atoms with van der Waals surface area (Å²) in [5, 5.41) is 0.857. The van der Waals surface area contributed by atoms with Crippen molar-refractivity contribution in [1.82, 2.24) is 0 Å². The number of para-hydroxylation sites is 1. The Labute approximate surface area is 158 Å². The highest BCUT2D eigenvalue weighted by Crippen LogP contribution is 2.27. The van der Waals surface area contributed by atoms with Crippen LogP contribution < -0.4 is 10.2 Å². The lowest BCUT2D eigenvalue weighted by Gasteiger charge is -2.07. The summed E-state index contributed by atoms with van der Waals surface area (Å²) in [6, 6.07) is 11.7. The highest BCUT2D eigenvalue weighted by Gasteiger charge is 2.27. The maximum Gasteiger partial charge on any atom is 0.363 e. The molecule has 2 aromatic carbocycles. The second-order valence-electron chi connectivity index (χ2n) is 5.70. The number of ether oxygens (including phenoxy) is 2. The predicted molar refractivity (Wildman–Crippen MR) is 101 cm³/mol. The molecule has 0 spiro atoms. The number of carbonyl (C=O) groups is 1. The van der Waals surface area contributed by atoms with Gasteiger partial charge < -0.3 is 13.9 Å². The molecule has 0 atom stereocenters. The van der Waals surface area contributed by atoms with Crippen molar-refractivity contribution < 1.29 is 18.7 Å². The van der Waals surface area contributed by atoms with Gasteiger partial charge in [0.1, 0.15) is 17.6 Å². The zero-order valence-electron chi connectivity index (χ0n) is 14.1. The quantitative estimate of drug-likeness (QED) is 0.509. The lowest BCUT2D eigenvalue weighted by molar-refractivity contribution is -0.129. The summed E-state index contributed by atoms with van der Waals surface area (Å²) in [4.78, 5) is 29.0. The molecule has 4 rings (SSSR count). The van der Waals surface area contributed by atoms with Gasteiger partial charge in [-0.25, -0.2) is 9.79 Å². The second kappa shape index (κ2) is 6.74. The average Bonchev–Trinajstić information content (AvgIpc) is 3.04. The van der Waals surface area contributed by atoms with Crippen molar-refractivity contribution in [2.45, 2.75) is 0 Å². The van der Waals surface area contributed by atoms with E-state index in [9.17, 15) is 9.59 Å². The molecule has 0 aliphatic carbocycles. The van der Waals surface area contributed by atoms with E-state index in [1.54, 1.807) is 42.5 Å². The van der Waals surface area contributed by atoms with Gasteiger partial charge in [-0.3, -0.25) is 4.79 Å². The lowest BCUT2D eigenvalue weighted by atomic mass is 10.1. The van der Waals surface area contributed by atoms with E-state index in [0.717, 1.165) is 0 Å². The third-order valence-corrected chi connectivity index (χ3v) is 4.25. The smallest absolute Gasteiger partial charge is 0.363 e. The highest BCUT2D eigenvalue weighted by molar-refractivity contribution is 6.31. The molecule has 0 saturated heterocycles. The van der Waals surface area contributed by atoms with Crippen LogP contribution >= 0.6 is 11.6 Å². The molecule has 134 valence electrons. The van der Waals surface area contributed by atoms with Crippen LogP contribution in [0.15, 0.2) is 68.6 Å². The van der Waals surface area contributed by atoms with E-state index in [4.69, 9.17) is 25.5 Å².